The third kappa shape index (κ3) is 4.56. The monoisotopic (exact) mass is 335 g/mol. The second-order valence-electron chi connectivity index (χ2n) is 5.19. The van der Waals surface area contributed by atoms with Gasteiger partial charge in [0.15, 0.2) is 0 Å². The molecule has 2 rings (SSSR count). The second-order valence-corrected chi connectivity index (χ2v) is 6.11. The number of hydrogen-bond donors (Lipinski definition) is 2. The standard InChI is InChI=1S/C15H17N3O4S/c1-9-5-10(2)7-11(6-9)17-14(21)13(20)16-3-4-18-12(19)8-23-15(18)22/h5-7H,3-4,8H2,1-2H3,(H,16,20)(H,17,21). The second kappa shape index (κ2) is 7.28. The molecule has 0 spiro atoms. The Hall–Kier alpha value is -2.35. The number of hydrogen-bond acceptors (Lipinski definition) is 5. The zero-order valence-electron chi connectivity index (χ0n) is 12.8. The molecule has 0 unspecified atom stereocenters. The van der Waals surface area contributed by atoms with Crippen LogP contribution in [0, 0.1) is 13.8 Å². The molecule has 7 nitrogen and oxygen atoms in total. The molecular formula is C15H17N3O4S. The molecule has 0 radical (unpaired) electrons. The van der Waals surface area contributed by atoms with Crippen molar-refractivity contribution in [3.63, 3.8) is 0 Å². The van der Waals surface area contributed by atoms with Gasteiger partial charge in [0.2, 0.25) is 5.91 Å². The van der Waals surface area contributed by atoms with Gasteiger partial charge in [0.25, 0.3) is 5.24 Å². The SMILES string of the molecule is Cc1cc(C)cc(NC(=O)C(=O)NCCN2C(=O)CSC2=O)c1. The van der Waals surface area contributed by atoms with E-state index in [1.807, 2.05) is 19.9 Å². The lowest BCUT2D eigenvalue weighted by atomic mass is 10.1. The fourth-order valence-corrected chi connectivity index (χ4v) is 2.95. The van der Waals surface area contributed by atoms with Crippen molar-refractivity contribution in [3.05, 3.63) is 29.3 Å². The van der Waals surface area contributed by atoms with Gasteiger partial charge in [0.1, 0.15) is 0 Å². The number of thioether (sulfide) groups is 1. The maximum Gasteiger partial charge on any atom is 0.313 e. The maximum absolute atomic E-state index is 11.8. The highest BCUT2D eigenvalue weighted by atomic mass is 32.2. The van der Waals surface area contributed by atoms with Gasteiger partial charge >= 0.3 is 11.8 Å². The lowest BCUT2D eigenvalue weighted by Crippen LogP contribution is -2.41. The van der Waals surface area contributed by atoms with Crippen LogP contribution in [0.4, 0.5) is 10.5 Å². The molecule has 122 valence electrons. The van der Waals surface area contributed by atoms with Crippen LogP contribution >= 0.6 is 11.8 Å². The van der Waals surface area contributed by atoms with Gasteiger partial charge in [-0.25, -0.2) is 0 Å². The van der Waals surface area contributed by atoms with Crippen molar-refractivity contribution in [1.29, 1.82) is 0 Å². The van der Waals surface area contributed by atoms with E-state index in [0.29, 0.717) is 5.69 Å². The lowest BCUT2D eigenvalue weighted by Gasteiger charge is -2.13. The summed E-state index contributed by atoms with van der Waals surface area (Å²) >= 11 is 0.929. The van der Waals surface area contributed by atoms with E-state index in [0.717, 1.165) is 27.8 Å². The normalized spacial score (nSPS) is 14.1. The first-order valence-electron chi connectivity index (χ1n) is 7.01. The zero-order chi connectivity index (χ0) is 17.0. The van der Waals surface area contributed by atoms with Crippen LogP contribution in [0.15, 0.2) is 18.2 Å². The van der Waals surface area contributed by atoms with Gasteiger partial charge in [0.05, 0.1) is 5.75 Å². The van der Waals surface area contributed by atoms with Crippen molar-refractivity contribution in [2.75, 3.05) is 24.2 Å². The van der Waals surface area contributed by atoms with E-state index in [4.69, 9.17) is 0 Å². The summed E-state index contributed by atoms with van der Waals surface area (Å²) in [5.74, 6) is -1.76. The summed E-state index contributed by atoms with van der Waals surface area (Å²) in [5, 5.41) is 4.58. The quantitative estimate of drug-likeness (QED) is 0.802. The molecule has 0 aromatic heterocycles. The van der Waals surface area contributed by atoms with Gasteiger partial charge < -0.3 is 10.6 Å². The molecule has 1 heterocycles. The molecule has 1 fully saturated rings. The molecule has 0 bridgehead atoms. The van der Waals surface area contributed by atoms with Crippen molar-refractivity contribution < 1.29 is 19.2 Å². The Morgan fingerprint density at radius 1 is 1.13 bits per heavy atom. The summed E-state index contributed by atoms with van der Waals surface area (Å²) in [5.41, 5.74) is 2.50. The zero-order valence-corrected chi connectivity index (χ0v) is 13.7. The number of nitrogens with one attached hydrogen (secondary N) is 2. The number of amides is 4. The molecule has 0 aliphatic carbocycles. The number of nitrogens with zero attached hydrogens (tertiary/aromatic N) is 1. The van der Waals surface area contributed by atoms with Crippen molar-refractivity contribution in [1.82, 2.24) is 10.2 Å². The van der Waals surface area contributed by atoms with Crippen LogP contribution in [0.2, 0.25) is 0 Å². The van der Waals surface area contributed by atoms with Gasteiger partial charge in [-0.1, -0.05) is 17.8 Å². The molecule has 1 aliphatic heterocycles. The van der Waals surface area contributed by atoms with Crippen molar-refractivity contribution >= 4 is 40.4 Å². The Morgan fingerprint density at radius 2 is 1.78 bits per heavy atom. The van der Waals surface area contributed by atoms with E-state index >= 15 is 0 Å². The first-order valence-corrected chi connectivity index (χ1v) is 8.00. The van der Waals surface area contributed by atoms with Crippen LogP contribution < -0.4 is 10.6 Å². The molecule has 8 heteroatoms. The van der Waals surface area contributed by atoms with E-state index in [-0.39, 0.29) is 30.0 Å². The number of imide groups is 1. The van der Waals surface area contributed by atoms with Crippen molar-refractivity contribution in [2.24, 2.45) is 0 Å². The third-order valence-electron chi connectivity index (χ3n) is 3.15. The number of anilines is 1. The minimum Gasteiger partial charge on any atom is -0.346 e. The Morgan fingerprint density at radius 3 is 2.35 bits per heavy atom. The number of benzene rings is 1. The van der Waals surface area contributed by atoms with Crippen LogP contribution in [-0.2, 0) is 14.4 Å². The highest BCUT2D eigenvalue weighted by Gasteiger charge is 2.29. The Balaban J connectivity index is 1.82. The predicted molar refractivity (Wildman–Crippen MR) is 87.1 cm³/mol. The topological polar surface area (TPSA) is 95.6 Å². The Labute approximate surface area is 137 Å². The number of carbonyl (C=O) groups is 4. The third-order valence-corrected chi connectivity index (χ3v) is 4.01. The first kappa shape index (κ1) is 17.0. The van der Waals surface area contributed by atoms with Crippen molar-refractivity contribution in [3.8, 4) is 0 Å². The molecule has 1 saturated heterocycles. The molecule has 0 saturated carbocycles. The molecule has 2 N–H and O–H groups in total. The average molecular weight is 335 g/mol. The van der Waals surface area contributed by atoms with Crippen LogP contribution in [0.1, 0.15) is 11.1 Å². The molecule has 0 atom stereocenters. The molecule has 1 aliphatic rings. The predicted octanol–water partition coefficient (Wildman–Crippen LogP) is 1.05. The van der Waals surface area contributed by atoms with Gasteiger partial charge in [0, 0.05) is 18.8 Å². The summed E-state index contributed by atoms with van der Waals surface area (Å²) in [6.45, 7) is 3.89. The summed E-state index contributed by atoms with van der Waals surface area (Å²) in [6, 6.07) is 5.48. The largest absolute Gasteiger partial charge is 0.346 e. The first-order chi connectivity index (χ1) is 10.9. The molecule has 4 amide bonds. The van der Waals surface area contributed by atoms with E-state index in [1.54, 1.807) is 12.1 Å². The number of carbonyl (C=O) groups excluding carboxylic acids is 4. The van der Waals surface area contributed by atoms with Gasteiger partial charge in [-0.15, -0.1) is 0 Å². The highest BCUT2D eigenvalue weighted by molar-refractivity contribution is 8.14. The smallest absolute Gasteiger partial charge is 0.313 e. The minimum absolute atomic E-state index is 0.0388. The van der Waals surface area contributed by atoms with Crippen LogP contribution in [0.5, 0.6) is 0 Å². The Bertz CT molecular complexity index is 638. The minimum atomic E-state index is -0.809. The molecular weight excluding hydrogens is 318 g/mol. The van der Waals surface area contributed by atoms with E-state index in [2.05, 4.69) is 10.6 Å². The lowest BCUT2D eigenvalue weighted by molar-refractivity contribution is -0.136. The van der Waals surface area contributed by atoms with Crippen LogP contribution in [0.3, 0.4) is 0 Å². The fraction of sp³-hybridized carbons (Fsp3) is 0.333. The number of aryl methyl sites for hydroxylation is 2. The van der Waals surface area contributed by atoms with Gasteiger partial charge in [-0.05, 0) is 37.1 Å². The van der Waals surface area contributed by atoms with Crippen LogP contribution in [-0.4, -0.2) is 46.7 Å². The summed E-state index contributed by atoms with van der Waals surface area (Å²) in [4.78, 5) is 47.4. The van der Waals surface area contributed by atoms with Gasteiger partial charge in [-0.2, -0.15) is 0 Å². The van der Waals surface area contributed by atoms with E-state index in [1.165, 1.54) is 0 Å². The number of rotatable bonds is 4. The average Bonchev–Trinajstić information content (AvgIpc) is 2.77. The molecule has 1 aromatic rings. The fourth-order valence-electron chi connectivity index (χ4n) is 2.19. The van der Waals surface area contributed by atoms with E-state index < -0.39 is 11.8 Å². The highest BCUT2D eigenvalue weighted by Crippen LogP contribution is 2.17. The van der Waals surface area contributed by atoms with Gasteiger partial charge in [-0.3, -0.25) is 24.1 Å². The van der Waals surface area contributed by atoms with Crippen molar-refractivity contribution in [2.45, 2.75) is 13.8 Å². The summed E-state index contributed by atoms with van der Waals surface area (Å²) < 4.78 is 0. The molecule has 1 aromatic carbocycles. The van der Waals surface area contributed by atoms with Crippen LogP contribution in [0.25, 0.3) is 0 Å². The van der Waals surface area contributed by atoms with E-state index in [9.17, 15) is 19.2 Å². The Kier molecular flexibility index (Phi) is 5.38. The summed E-state index contributed by atoms with van der Waals surface area (Å²) in [6.07, 6.45) is 0. The molecule has 23 heavy (non-hydrogen) atoms. The maximum atomic E-state index is 11.8. The summed E-state index contributed by atoms with van der Waals surface area (Å²) in [7, 11) is 0.